The number of non-ortho nitro benzene ring substituents is 1. The largest absolute Gasteiger partial charge is 0.507 e. The van der Waals surface area contributed by atoms with Gasteiger partial charge in [-0.3, -0.25) is 19.7 Å². The summed E-state index contributed by atoms with van der Waals surface area (Å²) in [6.07, 6.45) is 2.16. The number of halogens is 1. The Morgan fingerprint density at radius 1 is 1.13 bits per heavy atom. The molecule has 1 fully saturated rings. The van der Waals surface area contributed by atoms with Gasteiger partial charge in [-0.15, -0.1) is 0 Å². The van der Waals surface area contributed by atoms with Crippen LogP contribution in [-0.4, -0.2) is 45.3 Å². The summed E-state index contributed by atoms with van der Waals surface area (Å²) >= 11 is 0. The zero-order valence-electron chi connectivity index (χ0n) is 20.2. The van der Waals surface area contributed by atoms with E-state index in [1.165, 1.54) is 41.3 Å². The molecule has 0 spiro atoms. The number of rotatable bonds is 7. The Bertz CT molecular complexity index is 1630. The zero-order valence-corrected chi connectivity index (χ0v) is 20.2. The van der Waals surface area contributed by atoms with Gasteiger partial charge in [0.2, 0.25) is 0 Å². The molecule has 1 saturated heterocycles. The van der Waals surface area contributed by atoms with E-state index in [1.807, 2.05) is 18.2 Å². The van der Waals surface area contributed by atoms with Crippen molar-refractivity contribution < 1.29 is 28.7 Å². The number of aromatic amines is 1. The number of amides is 1. The molecule has 4 aromatic rings. The van der Waals surface area contributed by atoms with Crippen LogP contribution in [0.4, 0.5) is 10.1 Å². The number of aliphatic hydroxyl groups is 1. The third-order valence-corrected chi connectivity index (χ3v) is 6.63. The third-order valence-electron chi connectivity index (χ3n) is 6.63. The molecule has 1 aliphatic heterocycles. The second-order valence-corrected chi connectivity index (χ2v) is 8.83. The highest BCUT2D eigenvalue weighted by Gasteiger charge is 2.46. The van der Waals surface area contributed by atoms with Crippen molar-refractivity contribution in [3.63, 3.8) is 0 Å². The summed E-state index contributed by atoms with van der Waals surface area (Å²) in [5.74, 6) is -2.30. The van der Waals surface area contributed by atoms with Gasteiger partial charge in [-0.05, 0) is 47.9 Å². The molecule has 0 bridgehead atoms. The fourth-order valence-electron chi connectivity index (χ4n) is 4.79. The van der Waals surface area contributed by atoms with Gasteiger partial charge in [0.05, 0.1) is 23.6 Å². The minimum atomic E-state index is -1.09. The Morgan fingerprint density at radius 3 is 2.66 bits per heavy atom. The number of nitro groups is 1. The van der Waals surface area contributed by atoms with Crippen LogP contribution in [0, 0.1) is 15.9 Å². The molecule has 0 saturated carbocycles. The molecule has 5 rings (SSSR count). The third kappa shape index (κ3) is 4.36. The number of likely N-dealkylation sites (tertiary alicyclic amines) is 1. The van der Waals surface area contributed by atoms with Gasteiger partial charge in [0.25, 0.3) is 17.4 Å². The van der Waals surface area contributed by atoms with Crippen molar-refractivity contribution in [2.45, 2.75) is 12.5 Å². The molecular weight excluding hydrogens is 493 g/mol. The van der Waals surface area contributed by atoms with Crippen molar-refractivity contribution in [2.24, 2.45) is 0 Å². The van der Waals surface area contributed by atoms with E-state index in [0.717, 1.165) is 22.5 Å². The smallest absolute Gasteiger partial charge is 0.295 e. The van der Waals surface area contributed by atoms with Gasteiger partial charge in [0.1, 0.15) is 17.3 Å². The van der Waals surface area contributed by atoms with Crippen LogP contribution in [0.5, 0.6) is 5.75 Å². The predicted molar refractivity (Wildman–Crippen MR) is 137 cm³/mol. The monoisotopic (exact) mass is 515 g/mol. The van der Waals surface area contributed by atoms with E-state index < -0.39 is 34.2 Å². The molecule has 10 heteroatoms. The predicted octanol–water partition coefficient (Wildman–Crippen LogP) is 4.89. The molecule has 0 radical (unpaired) electrons. The number of nitro benzene ring substituents is 1. The van der Waals surface area contributed by atoms with E-state index in [1.54, 1.807) is 19.4 Å². The standard InChI is InChI=1S/C28H22FN3O6/c1-38-21-8-9-23-22(14-21)18(15-30-23)10-11-31-25(16-4-2-6-19(29)12-16)24(27(34)28(31)35)26(33)17-5-3-7-20(13-17)32(36)37/h2-9,12-15,25,30,33H,10-11H2,1H3/t25-/m0/s1. The number of aliphatic hydroxyl groups excluding tert-OH is 1. The average molecular weight is 515 g/mol. The molecule has 2 N–H and O–H groups in total. The lowest BCUT2D eigenvalue weighted by Crippen LogP contribution is -2.31. The van der Waals surface area contributed by atoms with Crippen LogP contribution in [-0.2, 0) is 16.0 Å². The van der Waals surface area contributed by atoms with E-state index in [0.29, 0.717) is 12.2 Å². The second-order valence-electron chi connectivity index (χ2n) is 8.83. The Labute approximate surface area is 215 Å². The Balaban J connectivity index is 1.57. The van der Waals surface area contributed by atoms with Gasteiger partial charge in [0.15, 0.2) is 0 Å². The van der Waals surface area contributed by atoms with E-state index >= 15 is 0 Å². The van der Waals surface area contributed by atoms with E-state index in [4.69, 9.17) is 4.74 Å². The number of hydrogen-bond acceptors (Lipinski definition) is 6. The minimum absolute atomic E-state index is 0.00215. The van der Waals surface area contributed by atoms with Crippen LogP contribution in [0.2, 0.25) is 0 Å². The number of methoxy groups -OCH3 is 1. The number of carbonyl (C=O) groups excluding carboxylic acids is 2. The first-order valence-corrected chi connectivity index (χ1v) is 11.7. The van der Waals surface area contributed by atoms with Gasteiger partial charge in [-0.1, -0.05) is 24.3 Å². The van der Waals surface area contributed by atoms with Crippen molar-refractivity contribution in [3.05, 3.63) is 111 Å². The van der Waals surface area contributed by atoms with Crippen molar-refractivity contribution in [3.8, 4) is 5.75 Å². The normalized spacial score (nSPS) is 16.8. The minimum Gasteiger partial charge on any atom is -0.507 e. The van der Waals surface area contributed by atoms with E-state index in [-0.39, 0.29) is 28.9 Å². The summed E-state index contributed by atoms with van der Waals surface area (Å²) in [5.41, 5.74) is 1.48. The van der Waals surface area contributed by atoms with Crippen molar-refractivity contribution in [1.82, 2.24) is 9.88 Å². The average Bonchev–Trinajstić information content (AvgIpc) is 3.44. The molecule has 9 nitrogen and oxygen atoms in total. The quantitative estimate of drug-likeness (QED) is 0.119. The first-order valence-electron chi connectivity index (χ1n) is 11.7. The molecule has 1 amide bonds. The number of Topliss-reactive ketones (excluding diaryl/α,β-unsaturated/α-hetero) is 1. The summed E-state index contributed by atoms with van der Waals surface area (Å²) in [6.45, 7) is 0.0850. The number of ether oxygens (including phenoxy) is 1. The fraction of sp³-hybridized carbons (Fsp3) is 0.143. The highest BCUT2D eigenvalue weighted by molar-refractivity contribution is 6.46. The fourth-order valence-corrected chi connectivity index (χ4v) is 4.79. The van der Waals surface area contributed by atoms with Crippen LogP contribution >= 0.6 is 0 Å². The number of benzene rings is 3. The Hall–Kier alpha value is -4.99. The summed E-state index contributed by atoms with van der Waals surface area (Å²) in [6, 6.07) is 15.0. The highest BCUT2D eigenvalue weighted by Crippen LogP contribution is 2.40. The van der Waals surface area contributed by atoms with Crippen molar-refractivity contribution in [2.75, 3.05) is 13.7 Å². The van der Waals surface area contributed by atoms with Crippen LogP contribution < -0.4 is 4.74 Å². The Morgan fingerprint density at radius 2 is 1.92 bits per heavy atom. The molecule has 38 heavy (non-hydrogen) atoms. The maximum absolute atomic E-state index is 14.2. The lowest BCUT2D eigenvalue weighted by atomic mass is 9.95. The first kappa shape index (κ1) is 24.7. The first-order chi connectivity index (χ1) is 18.3. The lowest BCUT2D eigenvalue weighted by molar-refractivity contribution is -0.384. The highest BCUT2D eigenvalue weighted by atomic mass is 19.1. The number of aromatic nitrogens is 1. The van der Waals surface area contributed by atoms with Crippen LogP contribution in [0.1, 0.15) is 22.7 Å². The van der Waals surface area contributed by atoms with Crippen LogP contribution in [0.3, 0.4) is 0 Å². The van der Waals surface area contributed by atoms with E-state index in [2.05, 4.69) is 4.98 Å². The van der Waals surface area contributed by atoms with Gasteiger partial charge in [0, 0.05) is 41.3 Å². The van der Waals surface area contributed by atoms with Gasteiger partial charge >= 0.3 is 0 Å². The molecule has 2 heterocycles. The summed E-state index contributed by atoms with van der Waals surface area (Å²) < 4.78 is 19.5. The number of H-pyrrole nitrogens is 1. The topological polar surface area (TPSA) is 126 Å². The number of hydrogen-bond donors (Lipinski definition) is 2. The molecule has 0 unspecified atom stereocenters. The molecule has 3 aromatic carbocycles. The maximum Gasteiger partial charge on any atom is 0.295 e. The molecule has 1 atom stereocenters. The maximum atomic E-state index is 14.2. The number of fused-ring (bicyclic) bond motifs is 1. The van der Waals surface area contributed by atoms with Gasteiger partial charge < -0.3 is 19.7 Å². The molecule has 1 aromatic heterocycles. The van der Waals surface area contributed by atoms with Crippen LogP contribution in [0.25, 0.3) is 16.7 Å². The van der Waals surface area contributed by atoms with Gasteiger partial charge in [-0.2, -0.15) is 0 Å². The van der Waals surface area contributed by atoms with E-state index in [9.17, 15) is 29.2 Å². The second kappa shape index (κ2) is 9.81. The summed E-state index contributed by atoms with van der Waals surface area (Å²) in [7, 11) is 1.56. The number of ketones is 1. The van der Waals surface area contributed by atoms with Gasteiger partial charge in [-0.25, -0.2) is 4.39 Å². The summed E-state index contributed by atoms with van der Waals surface area (Å²) in [4.78, 5) is 41.5. The number of carbonyl (C=O) groups is 2. The number of nitrogens with one attached hydrogen (secondary N) is 1. The molecule has 0 aliphatic carbocycles. The Kier molecular flexibility index (Phi) is 6.38. The molecule has 192 valence electrons. The lowest BCUT2D eigenvalue weighted by Gasteiger charge is -2.25. The van der Waals surface area contributed by atoms with Crippen LogP contribution in [0.15, 0.2) is 78.5 Å². The van der Waals surface area contributed by atoms with Crippen molar-refractivity contribution in [1.29, 1.82) is 0 Å². The molecule has 1 aliphatic rings. The number of nitrogens with zero attached hydrogens (tertiary/aromatic N) is 2. The summed E-state index contributed by atoms with van der Waals surface area (Å²) in [5, 5.41) is 23.3. The SMILES string of the molecule is COc1ccc2[nH]cc(CCN3C(=O)C(=O)C(=C(O)c4cccc([N+](=O)[O-])c4)[C@@H]3c3cccc(F)c3)c2c1. The zero-order chi connectivity index (χ0) is 27.0. The molecular formula is C28H22FN3O6. The van der Waals surface area contributed by atoms with Crippen molar-refractivity contribution >= 4 is 34.0 Å².